The Kier molecular flexibility index (Phi) is 5.18. The van der Waals surface area contributed by atoms with E-state index >= 15 is 0 Å². The van der Waals surface area contributed by atoms with Crippen LogP contribution in [0.3, 0.4) is 0 Å². The first-order chi connectivity index (χ1) is 11.6. The van der Waals surface area contributed by atoms with E-state index in [-0.39, 0.29) is 16.7 Å². The molecule has 1 aliphatic rings. The smallest absolute Gasteiger partial charge is 0.292 e. The molecule has 7 heteroatoms. The number of nitrogens with zero attached hydrogens (tertiary/aromatic N) is 4. The highest BCUT2D eigenvalue weighted by Gasteiger charge is 2.24. The second-order valence-electron chi connectivity index (χ2n) is 6.10. The summed E-state index contributed by atoms with van der Waals surface area (Å²) >= 11 is 6.37. The highest BCUT2D eigenvalue weighted by Crippen LogP contribution is 2.24. The van der Waals surface area contributed by atoms with Gasteiger partial charge >= 0.3 is 0 Å². The van der Waals surface area contributed by atoms with Gasteiger partial charge in [0.1, 0.15) is 5.02 Å². The van der Waals surface area contributed by atoms with Crippen molar-refractivity contribution < 1.29 is 4.74 Å². The van der Waals surface area contributed by atoms with E-state index in [4.69, 9.17) is 16.3 Å². The molecule has 0 aliphatic carbocycles. The maximum absolute atomic E-state index is 12.6. The molecule has 1 atom stereocenters. The van der Waals surface area contributed by atoms with Crippen molar-refractivity contribution in [3.8, 4) is 5.69 Å². The van der Waals surface area contributed by atoms with Gasteiger partial charge in [0, 0.05) is 19.6 Å². The van der Waals surface area contributed by atoms with Crippen LogP contribution in [0.2, 0.25) is 5.02 Å². The number of benzene rings is 1. The first kappa shape index (κ1) is 17.0. The third-order valence-corrected chi connectivity index (χ3v) is 4.30. The van der Waals surface area contributed by atoms with Crippen molar-refractivity contribution in [3.05, 3.63) is 51.9 Å². The van der Waals surface area contributed by atoms with Gasteiger partial charge in [-0.25, -0.2) is 0 Å². The van der Waals surface area contributed by atoms with Crippen molar-refractivity contribution in [2.24, 2.45) is 0 Å². The van der Waals surface area contributed by atoms with Crippen LogP contribution in [0.5, 0.6) is 0 Å². The minimum Gasteiger partial charge on any atom is -0.373 e. The summed E-state index contributed by atoms with van der Waals surface area (Å²) in [7, 11) is 4.02. The van der Waals surface area contributed by atoms with Crippen LogP contribution in [0, 0.1) is 0 Å². The molecule has 2 heterocycles. The molecule has 0 spiro atoms. The molecule has 1 aromatic heterocycles. The second kappa shape index (κ2) is 7.34. The molecule has 128 valence electrons. The van der Waals surface area contributed by atoms with Gasteiger partial charge in [0.05, 0.1) is 30.3 Å². The average molecular weight is 349 g/mol. The van der Waals surface area contributed by atoms with Gasteiger partial charge in [-0.15, -0.1) is 0 Å². The van der Waals surface area contributed by atoms with Gasteiger partial charge in [-0.05, 0) is 26.2 Å². The van der Waals surface area contributed by atoms with E-state index in [1.165, 1.54) is 4.68 Å². The van der Waals surface area contributed by atoms with E-state index in [0.29, 0.717) is 31.1 Å². The fourth-order valence-electron chi connectivity index (χ4n) is 2.85. The number of para-hydroxylation sites is 1. The number of hydrogen-bond acceptors (Lipinski definition) is 5. The predicted molar refractivity (Wildman–Crippen MR) is 95.4 cm³/mol. The van der Waals surface area contributed by atoms with Crippen LogP contribution in [0.25, 0.3) is 5.69 Å². The Balaban J connectivity index is 1.87. The van der Waals surface area contributed by atoms with Crippen molar-refractivity contribution in [1.29, 1.82) is 0 Å². The van der Waals surface area contributed by atoms with Gasteiger partial charge in [-0.3, -0.25) is 4.79 Å². The fourth-order valence-corrected chi connectivity index (χ4v) is 3.10. The lowest BCUT2D eigenvalue weighted by atomic mass is 10.2. The molecule has 24 heavy (non-hydrogen) atoms. The number of likely N-dealkylation sites (N-methyl/N-ethyl adjacent to an activating group) is 1. The van der Waals surface area contributed by atoms with Crippen LogP contribution in [0.1, 0.15) is 0 Å². The van der Waals surface area contributed by atoms with Crippen LogP contribution in [0.4, 0.5) is 5.69 Å². The number of halogens is 1. The molecule has 1 aliphatic heterocycles. The number of rotatable bonds is 4. The van der Waals surface area contributed by atoms with E-state index in [1.54, 1.807) is 6.20 Å². The maximum Gasteiger partial charge on any atom is 0.292 e. The van der Waals surface area contributed by atoms with E-state index < -0.39 is 0 Å². The Bertz CT molecular complexity index is 748. The lowest BCUT2D eigenvalue weighted by Gasteiger charge is -2.35. The second-order valence-corrected chi connectivity index (χ2v) is 6.48. The van der Waals surface area contributed by atoms with Gasteiger partial charge < -0.3 is 14.5 Å². The lowest BCUT2D eigenvalue weighted by molar-refractivity contribution is 0.0247. The Labute approximate surface area is 146 Å². The topological polar surface area (TPSA) is 50.6 Å². The largest absolute Gasteiger partial charge is 0.373 e. The van der Waals surface area contributed by atoms with Crippen LogP contribution in [-0.2, 0) is 4.74 Å². The summed E-state index contributed by atoms with van der Waals surface area (Å²) in [6, 6.07) is 9.26. The van der Waals surface area contributed by atoms with Crippen molar-refractivity contribution in [2.75, 3.05) is 45.2 Å². The quantitative estimate of drug-likeness (QED) is 0.841. The molecule has 0 N–H and O–H groups in total. The van der Waals surface area contributed by atoms with Crippen molar-refractivity contribution in [1.82, 2.24) is 14.7 Å². The molecule has 0 radical (unpaired) electrons. The summed E-state index contributed by atoms with van der Waals surface area (Å²) in [6.45, 7) is 2.81. The Hall–Kier alpha value is -1.89. The van der Waals surface area contributed by atoms with Gasteiger partial charge in [-0.1, -0.05) is 29.8 Å². The summed E-state index contributed by atoms with van der Waals surface area (Å²) in [6.07, 6.45) is 1.75. The first-order valence-electron chi connectivity index (χ1n) is 7.91. The number of morpholine rings is 1. The molecule has 0 saturated carbocycles. The van der Waals surface area contributed by atoms with Crippen molar-refractivity contribution in [3.63, 3.8) is 0 Å². The number of aromatic nitrogens is 2. The van der Waals surface area contributed by atoms with Gasteiger partial charge in [0.15, 0.2) is 0 Å². The maximum atomic E-state index is 12.6. The van der Waals surface area contributed by atoms with Crippen molar-refractivity contribution >= 4 is 17.3 Å². The minimum absolute atomic E-state index is 0.0846. The zero-order chi connectivity index (χ0) is 17.1. The number of hydrogen-bond donors (Lipinski definition) is 0. The van der Waals surface area contributed by atoms with Gasteiger partial charge in [0.2, 0.25) is 0 Å². The van der Waals surface area contributed by atoms with E-state index in [0.717, 1.165) is 6.54 Å². The van der Waals surface area contributed by atoms with Crippen LogP contribution < -0.4 is 10.5 Å². The SMILES string of the molecule is CN(C)CC1CN(c2cnn(-c3ccccc3)c(=O)c2Cl)CCO1. The van der Waals surface area contributed by atoms with E-state index in [1.807, 2.05) is 44.4 Å². The summed E-state index contributed by atoms with van der Waals surface area (Å²) < 4.78 is 7.10. The van der Waals surface area contributed by atoms with E-state index in [9.17, 15) is 4.79 Å². The monoisotopic (exact) mass is 348 g/mol. The molecule has 0 bridgehead atoms. The zero-order valence-electron chi connectivity index (χ0n) is 13.9. The predicted octanol–water partition coefficient (Wildman–Crippen LogP) is 1.65. The molecule has 1 fully saturated rings. The Morgan fingerprint density at radius 1 is 1.33 bits per heavy atom. The van der Waals surface area contributed by atoms with Gasteiger partial charge in [0.25, 0.3) is 5.56 Å². The standard InChI is InChI=1S/C17H21ClN4O2/c1-20(2)11-14-12-21(8-9-24-14)15-10-19-22(17(23)16(15)18)13-6-4-3-5-7-13/h3-7,10,14H,8-9,11-12H2,1-2H3. The normalized spacial score (nSPS) is 18.2. The summed E-state index contributed by atoms with van der Waals surface area (Å²) in [5.74, 6) is 0. The lowest BCUT2D eigenvalue weighted by Crippen LogP contribution is -2.47. The molecular formula is C17H21ClN4O2. The highest BCUT2D eigenvalue weighted by atomic mass is 35.5. The third-order valence-electron chi connectivity index (χ3n) is 3.95. The van der Waals surface area contributed by atoms with Crippen LogP contribution in [-0.4, -0.2) is 61.1 Å². The summed E-state index contributed by atoms with van der Waals surface area (Å²) in [5, 5.41) is 4.49. The number of anilines is 1. The van der Waals surface area contributed by atoms with Crippen molar-refractivity contribution in [2.45, 2.75) is 6.10 Å². The molecule has 3 rings (SSSR count). The zero-order valence-corrected chi connectivity index (χ0v) is 14.6. The summed E-state index contributed by atoms with van der Waals surface area (Å²) in [5.41, 5.74) is 1.06. The Morgan fingerprint density at radius 3 is 2.79 bits per heavy atom. The molecule has 1 aromatic carbocycles. The number of ether oxygens (including phenoxy) is 1. The van der Waals surface area contributed by atoms with Crippen LogP contribution >= 0.6 is 11.6 Å². The van der Waals surface area contributed by atoms with E-state index in [2.05, 4.69) is 14.9 Å². The average Bonchev–Trinajstić information content (AvgIpc) is 2.58. The Morgan fingerprint density at radius 2 is 2.08 bits per heavy atom. The third kappa shape index (κ3) is 3.61. The molecule has 2 aromatic rings. The van der Waals surface area contributed by atoms with Gasteiger partial charge in [-0.2, -0.15) is 9.78 Å². The molecule has 6 nitrogen and oxygen atoms in total. The fraction of sp³-hybridized carbons (Fsp3) is 0.412. The highest BCUT2D eigenvalue weighted by molar-refractivity contribution is 6.33. The molecule has 1 unspecified atom stereocenters. The molecule has 1 saturated heterocycles. The minimum atomic E-state index is -0.309. The first-order valence-corrected chi connectivity index (χ1v) is 8.28. The molecular weight excluding hydrogens is 328 g/mol. The summed E-state index contributed by atoms with van der Waals surface area (Å²) in [4.78, 5) is 16.8. The van der Waals surface area contributed by atoms with Crippen LogP contribution in [0.15, 0.2) is 41.3 Å². The molecule has 0 amide bonds.